The molecule has 3 aliphatic rings. The first-order chi connectivity index (χ1) is 14.8. The third-order valence-electron chi connectivity index (χ3n) is 5.85. The summed E-state index contributed by atoms with van der Waals surface area (Å²) in [5.74, 6) is -0.223. The van der Waals surface area contributed by atoms with Crippen molar-refractivity contribution >= 4 is 23.8 Å². The minimum absolute atomic E-state index is 0.0739. The smallest absolute Gasteiger partial charge is 0.247 e. The first kappa shape index (κ1) is 22.8. The maximum absolute atomic E-state index is 13.4. The summed E-state index contributed by atoms with van der Waals surface area (Å²) in [6.45, 7) is 4.52. The Morgan fingerprint density at radius 2 is 1.94 bits per heavy atom. The Morgan fingerprint density at radius 1 is 1.23 bits per heavy atom. The Labute approximate surface area is 183 Å². The first-order valence-electron chi connectivity index (χ1n) is 10.8. The average molecular weight is 429 g/mol. The lowest BCUT2D eigenvalue weighted by Gasteiger charge is -2.31. The number of fused-ring (bicyclic) bond motifs is 7. The molecule has 0 saturated carbocycles. The van der Waals surface area contributed by atoms with E-state index in [4.69, 9.17) is 4.74 Å². The number of ether oxygens (including phenoxy) is 1. The second-order valence-electron chi connectivity index (χ2n) is 8.50. The fourth-order valence-corrected chi connectivity index (χ4v) is 3.92. The van der Waals surface area contributed by atoms with E-state index in [0.717, 1.165) is 12.0 Å². The molecule has 31 heavy (non-hydrogen) atoms. The van der Waals surface area contributed by atoms with Crippen molar-refractivity contribution in [1.29, 1.82) is 0 Å². The largest absolute Gasteiger partial charge is 0.488 e. The monoisotopic (exact) mass is 428 g/mol. The minimum atomic E-state index is -0.801. The Hall–Kier alpha value is -2.87. The van der Waals surface area contributed by atoms with E-state index in [9.17, 15) is 14.4 Å². The molecule has 3 heterocycles. The minimum Gasteiger partial charge on any atom is -0.488 e. The molecule has 1 fully saturated rings. The van der Waals surface area contributed by atoms with Gasteiger partial charge in [-0.3, -0.25) is 14.4 Å². The zero-order valence-electron chi connectivity index (χ0n) is 18.6. The van der Waals surface area contributed by atoms with Gasteiger partial charge in [0.25, 0.3) is 0 Å². The molecule has 4 atom stereocenters. The van der Waals surface area contributed by atoms with Gasteiger partial charge in [-0.2, -0.15) is 0 Å². The molecule has 1 saturated heterocycles. The number of rotatable bonds is 4. The van der Waals surface area contributed by atoms with Crippen molar-refractivity contribution in [2.75, 3.05) is 27.2 Å². The van der Waals surface area contributed by atoms with Crippen molar-refractivity contribution in [2.24, 2.45) is 5.92 Å². The summed E-state index contributed by atoms with van der Waals surface area (Å²) in [4.78, 5) is 42.4. The van der Waals surface area contributed by atoms with E-state index in [1.54, 1.807) is 22.1 Å². The Kier molecular flexibility index (Phi) is 7.33. The normalized spacial score (nSPS) is 24.8. The Bertz CT molecular complexity index is 836. The highest BCUT2D eigenvalue weighted by molar-refractivity contribution is 5.93. The second-order valence-corrected chi connectivity index (χ2v) is 8.50. The van der Waals surface area contributed by atoms with E-state index in [2.05, 4.69) is 10.6 Å². The number of likely N-dealkylation sites (tertiary alicyclic amines) is 1. The highest BCUT2D eigenvalue weighted by Crippen LogP contribution is 2.26. The van der Waals surface area contributed by atoms with Crippen LogP contribution in [0.2, 0.25) is 0 Å². The van der Waals surface area contributed by atoms with Crippen LogP contribution in [0, 0.1) is 5.92 Å². The maximum Gasteiger partial charge on any atom is 0.247 e. The standard InChI is InChI=1S/C23H32N4O4/c1-5-15(2)20-22(29)24-12-10-16-6-8-17(9-7-16)31-18-11-13-27(19(28)14-26(3)4)21(18)23(30)25-20/h6-10,12,15,18,20-21H,5,11,13-14H2,1-4H3,(H,24,29)(H,25,30)/t15-,18-,20+,21-/m0/s1. The van der Waals surface area contributed by atoms with E-state index in [0.29, 0.717) is 18.7 Å². The topological polar surface area (TPSA) is 91.0 Å². The Morgan fingerprint density at radius 3 is 2.58 bits per heavy atom. The molecule has 3 amide bonds. The highest BCUT2D eigenvalue weighted by Gasteiger charge is 2.44. The van der Waals surface area contributed by atoms with E-state index in [1.807, 2.05) is 52.2 Å². The molecule has 2 N–H and O–H groups in total. The fraction of sp³-hybridized carbons (Fsp3) is 0.522. The number of amides is 3. The molecule has 8 nitrogen and oxygen atoms in total. The number of nitrogens with zero attached hydrogens (tertiary/aromatic N) is 2. The van der Waals surface area contributed by atoms with Crippen LogP contribution in [0.3, 0.4) is 0 Å². The summed E-state index contributed by atoms with van der Waals surface area (Å²) in [5.41, 5.74) is 0.916. The number of carbonyl (C=O) groups excluding carboxylic acids is 3. The summed E-state index contributed by atoms with van der Waals surface area (Å²) in [7, 11) is 3.63. The quantitative estimate of drug-likeness (QED) is 0.753. The molecule has 168 valence electrons. The van der Waals surface area contributed by atoms with Crippen molar-refractivity contribution in [3.63, 3.8) is 0 Å². The van der Waals surface area contributed by atoms with Gasteiger partial charge >= 0.3 is 0 Å². The number of hydrogen-bond acceptors (Lipinski definition) is 5. The fourth-order valence-electron chi connectivity index (χ4n) is 3.92. The van der Waals surface area contributed by atoms with Gasteiger partial charge in [0.1, 0.15) is 23.9 Å². The van der Waals surface area contributed by atoms with Gasteiger partial charge in [-0.15, -0.1) is 0 Å². The van der Waals surface area contributed by atoms with Crippen molar-refractivity contribution in [3.05, 3.63) is 36.0 Å². The molecule has 2 bridgehead atoms. The van der Waals surface area contributed by atoms with Gasteiger partial charge in [0.05, 0.1) is 6.54 Å². The summed E-state index contributed by atoms with van der Waals surface area (Å²) < 4.78 is 6.15. The lowest BCUT2D eigenvalue weighted by atomic mass is 9.97. The molecule has 0 aliphatic carbocycles. The molecular weight excluding hydrogens is 396 g/mol. The molecule has 1 aromatic carbocycles. The predicted octanol–water partition coefficient (Wildman–Crippen LogP) is 1.23. The van der Waals surface area contributed by atoms with Gasteiger partial charge in [-0.25, -0.2) is 0 Å². The number of nitrogens with one attached hydrogen (secondary N) is 2. The van der Waals surface area contributed by atoms with Crippen LogP contribution in [-0.2, 0) is 14.4 Å². The highest BCUT2D eigenvalue weighted by atomic mass is 16.5. The molecule has 3 aliphatic heterocycles. The first-order valence-corrected chi connectivity index (χ1v) is 10.8. The number of likely N-dealkylation sites (N-methyl/N-ethyl adjacent to an activating group) is 1. The van der Waals surface area contributed by atoms with Gasteiger partial charge in [0.2, 0.25) is 17.7 Å². The summed E-state index contributed by atoms with van der Waals surface area (Å²) >= 11 is 0. The van der Waals surface area contributed by atoms with E-state index in [1.165, 1.54) is 0 Å². The van der Waals surface area contributed by atoms with E-state index < -0.39 is 18.2 Å². The van der Waals surface area contributed by atoms with Crippen molar-refractivity contribution in [2.45, 2.75) is 44.9 Å². The molecule has 0 aromatic heterocycles. The van der Waals surface area contributed by atoms with Crippen LogP contribution >= 0.6 is 0 Å². The van der Waals surface area contributed by atoms with Gasteiger partial charge in [0, 0.05) is 19.2 Å². The lowest BCUT2D eigenvalue weighted by molar-refractivity contribution is -0.142. The van der Waals surface area contributed by atoms with Crippen LogP contribution < -0.4 is 15.4 Å². The maximum atomic E-state index is 13.4. The molecule has 0 unspecified atom stereocenters. The second kappa shape index (κ2) is 9.96. The van der Waals surface area contributed by atoms with Gasteiger partial charge in [-0.05, 0) is 43.8 Å². The van der Waals surface area contributed by atoms with Crippen molar-refractivity contribution < 1.29 is 19.1 Å². The third-order valence-corrected chi connectivity index (χ3v) is 5.85. The summed E-state index contributed by atoms with van der Waals surface area (Å²) in [6.07, 6.45) is 4.14. The van der Waals surface area contributed by atoms with Crippen LogP contribution in [0.25, 0.3) is 6.08 Å². The van der Waals surface area contributed by atoms with Crippen molar-refractivity contribution in [1.82, 2.24) is 20.4 Å². The van der Waals surface area contributed by atoms with Gasteiger partial charge in [0.15, 0.2) is 0 Å². The zero-order valence-corrected chi connectivity index (χ0v) is 18.6. The molecule has 0 spiro atoms. The third kappa shape index (κ3) is 5.44. The van der Waals surface area contributed by atoms with E-state index >= 15 is 0 Å². The van der Waals surface area contributed by atoms with Gasteiger partial charge in [-0.1, -0.05) is 32.4 Å². The SMILES string of the molecule is CC[C@H](C)[C@H]1NC(=O)[C@@H]2[C@H](CCN2C(=O)CN(C)C)Oc2ccc(cc2)C=CNC1=O. The number of carbonyl (C=O) groups is 3. The summed E-state index contributed by atoms with van der Waals surface area (Å²) in [6, 6.07) is 5.91. The van der Waals surface area contributed by atoms with Crippen molar-refractivity contribution in [3.8, 4) is 5.75 Å². The lowest BCUT2D eigenvalue weighted by Crippen LogP contribution is -2.58. The van der Waals surface area contributed by atoms with Gasteiger partial charge < -0.3 is 25.2 Å². The molecule has 8 heteroatoms. The average Bonchev–Trinajstić information content (AvgIpc) is 3.15. The zero-order chi connectivity index (χ0) is 22.5. The van der Waals surface area contributed by atoms with Crippen LogP contribution in [0.1, 0.15) is 32.3 Å². The number of benzene rings is 1. The predicted molar refractivity (Wildman–Crippen MR) is 118 cm³/mol. The van der Waals surface area contributed by atoms with Crippen LogP contribution in [0.4, 0.5) is 0 Å². The summed E-state index contributed by atoms with van der Waals surface area (Å²) in [5, 5.41) is 5.68. The Balaban J connectivity index is 1.96. The van der Waals surface area contributed by atoms with Crippen LogP contribution in [-0.4, -0.2) is 72.9 Å². The van der Waals surface area contributed by atoms with Crippen LogP contribution in [0.5, 0.6) is 5.75 Å². The number of hydrogen-bond donors (Lipinski definition) is 2. The molecular formula is C23H32N4O4. The molecule has 1 aromatic rings. The molecule has 0 radical (unpaired) electrons. The van der Waals surface area contributed by atoms with E-state index in [-0.39, 0.29) is 30.2 Å². The van der Waals surface area contributed by atoms with Crippen LogP contribution in [0.15, 0.2) is 30.5 Å². The molecule has 4 rings (SSSR count).